The molecular formula is C14H14F4N2O4. The van der Waals surface area contributed by atoms with Crippen LogP contribution in [-0.4, -0.2) is 35.6 Å². The molecular weight excluding hydrogens is 336 g/mol. The van der Waals surface area contributed by atoms with Crippen molar-refractivity contribution in [3.8, 4) is 0 Å². The van der Waals surface area contributed by atoms with Gasteiger partial charge in [-0.2, -0.15) is 13.2 Å². The van der Waals surface area contributed by atoms with Crippen LogP contribution < -0.4 is 10.6 Å². The molecule has 1 heterocycles. The zero-order valence-electron chi connectivity index (χ0n) is 12.4. The summed E-state index contributed by atoms with van der Waals surface area (Å²) in [7, 11) is 0. The van der Waals surface area contributed by atoms with Crippen molar-refractivity contribution in [3.05, 3.63) is 35.6 Å². The summed E-state index contributed by atoms with van der Waals surface area (Å²) in [5.74, 6) is -4.44. The third-order valence-corrected chi connectivity index (χ3v) is 3.55. The highest BCUT2D eigenvalue weighted by atomic mass is 19.4. The summed E-state index contributed by atoms with van der Waals surface area (Å²) in [6.45, 7) is 1.13. The second kappa shape index (κ2) is 6.27. The molecule has 6 nitrogen and oxygen atoms in total. The van der Waals surface area contributed by atoms with Crippen LogP contribution in [-0.2, 0) is 9.53 Å². The minimum absolute atomic E-state index is 0.120. The number of halogens is 4. The molecule has 0 saturated carbocycles. The minimum atomic E-state index is -5.37. The van der Waals surface area contributed by atoms with Crippen LogP contribution in [0.3, 0.4) is 0 Å². The molecule has 2 amide bonds. The van der Waals surface area contributed by atoms with Crippen LogP contribution in [0.4, 0.5) is 22.4 Å². The molecule has 1 aromatic rings. The molecule has 3 atom stereocenters. The van der Waals surface area contributed by atoms with E-state index in [2.05, 4.69) is 10.1 Å². The molecule has 1 fully saturated rings. The summed E-state index contributed by atoms with van der Waals surface area (Å²) in [6, 6.07) is 1.33. The van der Waals surface area contributed by atoms with Crippen molar-refractivity contribution < 1.29 is 37.0 Å². The highest BCUT2D eigenvalue weighted by Gasteiger charge is 2.67. The van der Waals surface area contributed by atoms with Crippen molar-refractivity contribution in [1.82, 2.24) is 10.6 Å². The average molecular weight is 350 g/mol. The number of carbonyl (C=O) groups is 2. The number of amides is 2. The number of esters is 1. The van der Waals surface area contributed by atoms with Crippen LogP contribution in [0.1, 0.15) is 18.5 Å². The Bertz CT molecular complexity index is 652. The highest BCUT2D eigenvalue weighted by Crippen LogP contribution is 2.43. The van der Waals surface area contributed by atoms with E-state index in [1.807, 2.05) is 0 Å². The Morgan fingerprint density at radius 3 is 2.62 bits per heavy atom. The fourth-order valence-corrected chi connectivity index (χ4v) is 2.51. The van der Waals surface area contributed by atoms with Crippen molar-refractivity contribution >= 4 is 12.0 Å². The van der Waals surface area contributed by atoms with Crippen LogP contribution in [0.25, 0.3) is 0 Å². The van der Waals surface area contributed by atoms with Gasteiger partial charge in [-0.05, 0) is 24.6 Å². The van der Waals surface area contributed by atoms with Crippen LogP contribution in [0.2, 0.25) is 0 Å². The smallest absolute Gasteiger partial charge is 0.437 e. The van der Waals surface area contributed by atoms with E-state index in [-0.39, 0.29) is 12.2 Å². The Labute approximate surface area is 133 Å². The maximum atomic E-state index is 13.4. The zero-order valence-corrected chi connectivity index (χ0v) is 12.4. The highest BCUT2D eigenvalue weighted by molar-refractivity contribution is 5.83. The Morgan fingerprint density at radius 2 is 2.08 bits per heavy atom. The lowest BCUT2D eigenvalue weighted by atomic mass is 9.82. The lowest BCUT2D eigenvalue weighted by molar-refractivity contribution is -0.294. The quantitative estimate of drug-likeness (QED) is 0.571. The van der Waals surface area contributed by atoms with Gasteiger partial charge in [-0.1, -0.05) is 12.1 Å². The topological polar surface area (TPSA) is 87.7 Å². The monoisotopic (exact) mass is 350 g/mol. The molecule has 1 aliphatic heterocycles. The summed E-state index contributed by atoms with van der Waals surface area (Å²) in [6.07, 6.45) is -5.37. The molecule has 1 aromatic carbocycles. The summed E-state index contributed by atoms with van der Waals surface area (Å²) < 4.78 is 58.0. The number of hydrogen-bond donors (Lipinski definition) is 3. The molecule has 0 aromatic heterocycles. The molecule has 0 unspecified atom stereocenters. The predicted molar refractivity (Wildman–Crippen MR) is 71.9 cm³/mol. The number of ether oxygens (including phenoxy) is 1. The first kappa shape index (κ1) is 18.0. The van der Waals surface area contributed by atoms with Crippen LogP contribution >= 0.6 is 0 Å². The second-order valence-corrected chi connectivity index (χ2v) is 5.12. The van der Waals surface area contributed by atoms with Crippen molar-refractivity contribution in [1.29, 1.82) is 0 Å². The van der Waals surface area contributed by atoms with E-state index < -0.39 is 41.7 Å². The second-order valence-electron chi connectivity index (χ2n) is 5.12. The Balaban J connectivity index is 2.57. The fourth-order valence-electron chi connectivity index (χ4n) is 2.51. The molecule has 10 heteroatoms. The van der Waals surface area contributed by atoms with Crippen molar-refractivity contribution in [2.24, 2.45) is 5.92 Å². The average Bonchev–Trinajstić information content (AvgIpc) is 2.45. The molecule has 132 valence electrons. The van der Waals surface area contributed by atoms with Crippen LogP contribution in [0.15, 0.2) is 24.3 Å². The summed E-state index contributed by atoms with van der Waals surface area (Å²) in [5, 5.41) is 13.5. The molecule has 3 N–H and O–H groups in total. The maximum Gasteiger partial charge on any atom is 0.437 e. The summed E-state index contributed by atoms with van der Waals surface area (Å²) in [4.78, 5) is 23.7. The third kappa shape index (κ3) is 3.14. The predicted octanol–water partition coefficient (Wildman–Crippen LogP) is 1.61. The van der Waals surface area contributed by atoms with Gasteiger partial charge in [-0.3, -0.25) is 4.79 Å². The van der Waals surface area contributed by atoms with Gasteiger partial charge in [0.25, 0.3) is 5.72 Å². The summed E-state index contributed by atoms with van der Waals surface area (Å²) >= 11 is 0. The Morgan fingerprint density at radius 1 is 1.42 bits per heavy atom. The number of carbonyl (C=O) groups excluding carboxylic acids is 2. The van der Waals surface area contributed by atoms with E-state index in [0.29, 0.717) is 0 Å². The molecule has 0 bridgehead atoms. The third-order valence-electron chi connectivity index (χ3n) is 3.55. The molecule has 2 rings (SSSR count). The van der Waals surface area contributed by atoms with Crippen molar-refractivity contribution in [2.45, 2.75) is 24.9 Å². The number of hydrogen-bond acceptors (Lipinski definition) is 4. The Hall–Kier alpha value is -2.36. The number of aliphatic hydroxyl groups is 1. The first-order valence-corrected chi connectivity index (χ1v) is 6.90. The van der Waals surface area contributed by atoms with Gasteiger partial charge in [0.05, 0.1) is 12.6 Å². The number of alkyl halides is 3. The van der Waals surface area contributed by atoms with Gasteiger partial charge in [0.15, 0.2) is 0 Å². The summed E-state index contributed by atoms with van der Waals surface area (Å²) in [5.41, 5.74) is -3.98. The van der Waals surface area contributed by atoms with E-state index in [0.717, 1.165) is 12.1 Å². The first-order chi connectivity index (χ1) is 11.1. The largest absolute Gasteiger partial charge is 0.466 e. The molecule has 1 saturated heterocycles. The maximum absolute atomic E-state index is 13.4. The molecule has 1 aliphatic rings. The van der Waals surface area contributed by atoms with Gasteiger partial charge >= 0.3 is 18.2 Å². The number of rotatable bonds is 3. The van der Waals surface area contributed by atoms with Crippen molar-refractivity contribution in [3.63, 3.8) is 0 Å². The van der Waals surface area contributed by atoms with Gasteiger partial charge in [0, 0.05) is 0 Å². The standard InChI is InChI=1S/C14H14F4N2O4/c1-2-24-11(21)9-10(7-4-3-5-8(15)6-7)19-12(22)20-13(9,23)14(16,17)18/h3-6,9-10,23H,2H2,1H3,(H2,19,20,22)/t9-,10+,13+/m0/s1. The zero-order chi connectivity index (χ0) is 18.1. The molecule has 0 radical (unpaired) electrons. The van der Waals surface area contributed by atoms with E-state index in [1.54, 1.807) is 0 Å². The van der Waals surface area contributed by atoms with E-state index in [4.69, 9.17) is 0 Å². The molecule has 24 heavy (non-hydrogen) atoms. The lowest BCUT2D eigenvalue weighted by Crippen LogP contribution is -2.73. The number of nitrogens with one attached hydrogen (secondary N) is 2. The van der Waals surface area contributed by atoms with Gasteiger partial charge in [-0.15, -0.1) is 0 Å². The fraction of sp³-hybridized carbons (Fsp3) is 0.429. The molecule has 0 aliphatic carbocycles. The minimum Gasteiger partial charge on any atom is -0.466 e. The van der Waals surface area contributed by atoms with Gasteiger partial charge in [0.1, 0.15) is 11.7 Å². The number of urea groups is 1. The first-order valence-electron chi connectivity index (χ1n) is 6.90. The van der Waals surface area contributed by atoms with E-state index in [1.165, 1.54) is 24.4 Å². The van der Waals surface area contributed by atoms with Gasteiger partial charge < -0.3 is 20.5 Å². The Kier molecular flexibility index (Phi) is 4.70. The van der Waals surface area contributed by atoms with Gasteiger partial charge in [0.2, 0.25) is 0 Å². The lowest BCUT2D eigenvalue weighted by Gasteiger charge is -2.44. The van der Waals surface area contributed by atoms with Crippen LogP contribution in [0.5, 0.6) is 0 Å². The van der Waals surface area contributed by atoms with Crippen molar-refractivity contribution in [2.75, 3.05) is 6.61 Å². The SMILES string of the molecule is CCOC(=O)[C@@H]1[C@@H](c2cccc(F)c2)NC(=O)N[C@]1(O)C(F)(F)F. The number of benzene rings is 1. The normalized spacial score (nSPS) is 27.2. The molecule has 0 spiro atoms. The van der Waals surface area contributed by atoms with Gasteiger partial charge in [-0.25, -0.2) is 9.18 Å². The van der Waals surface area contributed by atoms with E-state index in [9.17, 15) is 32.3 Å². The van der Waals surface area contributed by atoms with E-state index >= 15 is 0 Å². The van der Waals surface area contributed by atoms with Crippen LogP contribution in [0, 0.1) is 11.7 Å².